The van der Waals surface area contributed by atoms with Crippen LogP contribution in [0.1, 0.15) is 6.42 Å². The first kappa shape index (κ1) is 19.2. The first-order valence-electron chi connectivity index (χ1n) is 9.05. The summed E-state index contributed by atoms with van der Waals surface area (Å²) in [5.41, 5.74) is -1.33. The molecule has 0 aromatic carbocycles. The van der Waals surface area contributed by atoms with E-state index in [0.29, 0.717) is 6.42 Å². The standard InChI is InChI=1S/C21H20O8/c1-26-16(22)11-10-9-20(14(11)18(24)28-3)7-5-6-8-21(20)13(10)12(17(23)27-2)15(21)19(25)29-4/h5-8,10,13H,9H2,1-4H3/t10-,13+,20-,21+/m1/s1. The minimum absolute atomic E-state index is 0.158. The van der Waals surface area contributed by atoms with Gasteiger partial charge in [0.05, 0.1) is 50.7 Å². The number of carbonyl (C=O) groups is 4. The highest BCUT2D eigenvalue weighted by atomic mass is 16.5. The maximum atomic E-state index is 12.8. The number of fused-ring (bicyclic) bond motifs is 2. The molecule has 8 nitrogen and oxygen atoms in total. The highest BCUT2D eigenvalue weighted by Crippen LogP contribution is 2.80. The maximum Gasteiger partial charge on any atom is 0.335 e. The van der Waals surface area contributed by atoms with E-state index in [-0.39, 0.29) is 22.3 Å². The van der Waals surface area contributed by atoms with Gasteiger partial charge < -0.3 is 18.9 Å². The zero-order valence-corrected chi connectivity index (χ0v) is 16.4. The molecule has 4 atom stereocenters. The van der Waals surface area contributed by atoms with Crippen molar-refractivity contribution in [2.24, 2.45) is 22.7 Å². The summed E-state index contributed by atoms with van der Waals surface area (Å²) in [5, 5.41) is 0. The van der Waals surface area contributed by atoms with Crippen LogP contribution in [0.2, 0.25) is 0 Å². The van der Waals surface area contributed by atoms with E-state index in [4.69, 9.17) is 18.9 Å². The van der Waals surface area contributed by atoms with Crippen molar-refractivity contribution in [1.29, 1.82) is 0 Å². The summed E-state index contributed by atoms with van der Waals surface area (Å²) in [6.07, 6.45) is 7.50. The highest BCUT2D eigenvalue weighted by molar-refractivity contribution is 6.11. The van der Waals surface area contributed by atoms with Gasteiger partial charge in [0.25, 0.3) is 0 Å². The molecule has 152 valence electrons. The molecule has 0 saturated heterocycles. The maximum absolute atomic E-state index is 12.8. The molecule has 4 aliphatic rings. The van der Waals surface area contributed by atoms with Gasteiger partial charge in [-0.25, -0.2) is 19.2 Å². The zero-order chi connectivity index (χ0) is 21.1. The Labute approximate surface area is 166 Å². The lowest BCUT2D eigenvalue weighted by atomic mass is 9.43. The normalized spacial score (nSPS) is 33.0. The number of hydrogen-bond donors (Lipinski definition) is 0. The fourth-order valence-electron chi connectivity index (χ4n) is 5.87. The molecular weight excluding hydrogens is 380 g/mol. The van der Waals surface area contributed by atoms with Gasteiger partial charge in [0.1, 0.15) is 0 Å². The summed E-state index contributed by atoms with van der Waals surface area (Å²) in [6, 6.07) is 0. The summed E-state index contributed by atoms with van der Waals surface area (Å²) in [5.74, 6) is -3.67. The fraction of sp³-hybridized carbons (Fsp3) is 0.429. The molecule has 0 radical (unpaired) electrons. The Balaban J connectivity index is 2.04. The molecule has 0 aromatic rings. The molecule has 0 N–H and O–H groups in total. The molecule has 0 heterocycles. The van der Waals surface area contributed by atoms with Crippen LogP contribution in [-0.4, -0.2) is 52.3 Å². The van der Waals surface area contributed by atoms with Gasteiger partial charge in [-0.15, -0.1) is 0 Å². The quantitative estimate of drug-likeness (QED) is 0.509. The molecule has 1 saturated carbocycles. The van der Waals surface area contributed by atoms with Gasteiger partial charge in [0, 0.05) is 22.7 Å². The second-order valence-corrected chi connectivity index (χ2v) is 7.39. The van der Waals surface area contributed by atoms with Crippen molar-refractivity contribution in [3.63, 3.8) is 0 Å². The van der Waals surface area contributed by atoms with Gasteiger partial charge in [-0.2, -0.15) is 0 Å². The summed E-state index contributed by atoms with van der Waals surface area (Å²) >= 11 is 0. The number of esters is 4. The Morgan fingerprint density at radius 3 is 1.86 bits per heavy atom. The third kappa shape index (κ3) is 1.93. The lowest BCUT2D eigenvalue weighted by molar-refractivity contribution is -0.146. The minimum atomic E-state index is -1.02. The van der Waals surface area contributed by atoms with Crippen molar-refractivity contribution in [1.82, 2.24) is 0 Å². The summed E-state index contributed by atoms with van der Waals surface area (Å²) in [4.78, 5) is 50.8. The third-order valence-electron chi connectivity index (χ3n) is 6.69. The predicted octanol–water partition coefficient (Wildman–Crippen LogP) is 1.03. The molecule has 2 spiro atoms. The van der Waals surface area contributed by atoms with E-state index >= 15 is 0 Å². The van der Waals surface area contributed by atoms with Crippen LogP contribution in [0, 0.1) is 22.7 Å². The monoisotopic (exact) mass is 400 g/mol. The number of hydrogen-bond acceptors (Lipinski definition) is 8. The molecule has 4 rings (SSSR count). The second-order valence-electron chi connectivity index (χ2n) is 7.39. The minimum Gasteiger partial charge on any atom is -0.466 e. The molecule has 29 heavy (non-hydrogen) atoms. The van der Waals surface area contributed by atoms with Crippen molar-refractivity contribution >= 4 is 23.9 Å². The number of rotatable bonds is 4. The third-order valence-corrected chi connectivity index (χ3v) is 6.69. The van der Waals surface area contributed by atoms with Gasteiger partial charge in [-0.1, -0.05) is 24.3 Å². The van der Waals surface area contributed by atoms with Crippen LogP contribution in [-0.2, 0) is 38.1 Å². The van der Waals surface area contributed by atoms with E-state index in [2.05, 4.69) is 0 Å². The van der Waals surface area contributed by atoms with Crippen LogP contribution in [0.4, 0.5) is 0 Å². The molecule has 8 heteroatoms. The Hall–Kier alpha value is -3.16. The fourth-order valence-corrected chi connectivity index (χ4v) is 5.87. The smallest absolute Gasteiger partial charge is 0.335 e. The van der Waals surface area contributed by atoms with Crippen molar-refractivity contribution < 1.29 is 38.1 Å². The lowest BCUT2D eigenvalue weighted by Gasteiger charge is -2.56. The van der Waals surface area contributed by atoms with Crippen molar-refractivity contribution in [3.8, 4) is 0 Å². The van der Waals surface area contributed by atoms with Crippen molar-refractivity contribution in [2.45, 2.75) is 6.42 Å². The van der Waals surface area contributed by atoms with Gasteiger partial charge in [0.15, 0.2) is 0 Å². The predicted molar refractivity (Wildman–Crippen MR) is 96.9 cm³/mol. The van der Waals surface area contributed by atoms with Crippen LogP contribution < -0.4 is 0 Å². The van der Waals surface area contributed by atoms with Crippen LogP contribution in [0.5, 0.6) is 0 Å². The largest absolute Gasteiger partial charge is 0.466 e. The molecule has 0 unspecified atom stereocenters. The van der Waals surface area contributed by atoms with Crippen molar-refractivity contribution in [2.75, 3.05) is 28.4 Å². The van der Waals surface area contributed by atoms with Crippen LogP contribution >= 0.6 is 0 Å². The summed E-state index contributed by atoms with van der Waals surface area (Å²) in [7, 11) is 4.92. The van der Waals surface area contributed by atoms with Crippen LogP contribution in [0.15, 0.2) is 46.6 Å². The molecule has 4 aliphatic carbocycles. The van der Waals surface area contributed by atoms with Gasteiger partial charge in [0.2, 0.25) is 0 Å². The molecule has 0 aliphatic heterocycles. The van der Waals surface area contributed by atoms with E-state index < -0.39 is 46.5 Å². The van der Waals surface area contributed by atoms with E-state index in [0.717, 1.165) is 0 Å². The lowest BCUT2D eigenvalue weighted by Crippen LogP contribution is -2.57. The average Bonchev–Trinajstić information content (AvgIpc) is 3.17. The highest BCUT2D eigenvalue weighted by Gasteiger charge is 2.79. The Morgan fingerprint density at radius 1 is 0.759 bits per heavy atom. The summed E-state index contributed by atoms with van der Waals surface area (Å²) in [6.45, 7) is 0. The molecule has 2 bridgehead atoms. The van der Waals surface area contributed by atoms with Gasteiger partial charge in [-0.05, 0) is 6.42 Å². The van der Waals surface area contributed by atoms with Crippen LogP contribution in [0.3, 0.4) is 0 Å². The van der Waals surface area contributed by atoms with Crippen molar-refractivity contribution in [3.05, 3.63) is 46.6 Å². The summed E-state index contributed by atoms with van der Waals surface area (Å²) < 4.78 is 19.8. The molecule has 1 fully saturated rings. The number of carbonyl (C=O) groups excluding carboxylic acids is 4. The second kappa shape index (κ2) is 6.17. The molecule has 0 aromatic heterocycles. The Morgan fingerprint density at radius 2 is 1.28 bits per heavy atom. The molecule has 0 amide bonds. The van der Waals surface area contributed by atoms with E-state index in [9.17, 15) is 19.2 Å². The molecular formula is C21H20O8. The first-order chi connectivity index (χ1) is 13.9. The number of methoxy groups -OCH3 is 4. The van der Waals surface area contributed by atoms with Gasteiger partial charge in [-0.3, -0.25) is 0 Å². The first-order valence-corrected chi connectivity index (χ1v) is 9.05. The van der Waals surface area contributed by atoms with Gasteiger partial charge >= 0.3 is 23.9 Å². The Kier molecular flexibility index (Phi) is 4.08. The number of ether oxygens (including phenoxy) is 4. The zero-order valence-electron chi connectivity index (χ0n) is 16.4. The van der Waals surface area contributed by atoms with E-state index in [1.807, 2.05) is 6.08 Å². The van der Waals surface area contributed by atoms with E-state index in [1.54, 1.807) is 18.2 Å². The average molecular weight is 400 g/mol. The topological polar surface area (TPSA) is 105 Å². The number of allylic oxidation sites excluding steroid dienone is 4. The SMILES string of the molecule is COC(=O)C1=C(C(=O)OC)[C@]23C=CC=C[C@]24C(C(=O)OC)=C(C(=O)OC)[C@@H]4[C@@H]1C3. The van der Waals surface area contributed by atoms with Crippen LogP contribution in [0.25, 0.3) is 0 Å². The Bertz CT molecular complexity index is 969. The van der Waals surface area contributed by atoms with E-state index in [1.165, 1.54) is 28.4 Å².